The average molecular weight is 357 g/mol. The molecule has 1 N–H and O–H groups in total. The predicted molar refractivity (Wildman–Crippen MR) is 108 cm³/mol. The number of carbonyl (C=O) groups is 1. The van der Waals surface area contributed by atoms with Gasteiger partial charge in [0.1, 0.15) is 0 Å². The fourth-order valence-corrected chi connectivity index (χ4v) is 5.58. The second-order valence-corrected chi connectivity index (χ2v) is 9.54. The van der Waals surface area contributed by atoms with Crippen LogP contribution in [-0.2, 0) is 4.79 Å². The summed E-state index contributed by atoms with van der Waals surface area (Å²) >= 11 is 0. The molecule has 3 aliphatic carbocycles. The van der Waals surface area contributed by atoms with Crippen LogP contribution >= 0.6 is 0 Å². The van der Waals surface area contributed by atoms with Crippen molar-refractivity contribution in [1.82, 2.24) is 0 Å². The summed E-state index contributed by atoms with van der Waals surface area (Å²) in [7, 11) is 0. The molecule has 0 amide bonds. The molecule has 26 heavy (non-hydrogen) atoms. The minimum atomic E-state index is -0.448. The summed E-state index contributed by atoms with van der Waals surface area (Å²) in [6.45, 7) is 6.55. The first-order chi connectivity index (χ1) is 12.3. The Kier molecular flexibility index (Phi) is 5.91. The molecule has 2 heteroatoms. The maximum absolute atomic E-state index is 12.1. The number of hydrogen-bond donors (Lipinski definition) is 1. The van der Waals surface area contributed by atoms with E-state index in [0.29, 0.717) is 5.92 Å². The molecule has 2 fully saturated rings. The standard InChI is InChI=1S/C24H36O2/c1-4-5-6-9-18(2)12-21(25)10-7-8-11-23(3)14-19-13-20-15-24(26,17-23)16-22(19)20/h7,10,12,14,20,22,26H,4-6,8-9,11,13,15-17H2,1-3H3/b10-7-,18-12?. The molecule has 2 nitrogen and oxygen atoms in total. The van der Waals surface area contributed by atoms with Crippen molar-refractivity contribution in [2.45, 2.75) is 90.6 Å². The zero-order valence-electron chi connectivity index (χ0n) is 16.9. The monoisotopic (exact) mass is 356 g/mol. The highest BCUT2D eigenvalue weighted by Crippen LogP contribution is 2.61. The van der Waals surface area contributed by atoms with Gasteiger partial charge in [0.15, 0.2) is 5.78 Å². The van der Waals surface area contributed by atoms with Crippen LogP contribution in [0.3, 0.4) is 0 Å². The van der Waals surface area contributed by atoms with Gasteiger partial charge in [-0.25, -0.2) is 0 Å². The summed E-state index contributed by atoms with van der Waals surface area (Å²) in [6.07, 6.45) is 18.7. The van der Waals surface area contributed by atoms with Crippen molar-refractivity contribution in [1.29, 1.82) is 0 Å². The smallest absolute Gasteiger partial charge is 0.178 e. The topological polar surface area (TPSA) is 37.3 Å². The van der Waals surface area contributed by atoms with Gasteiger partial charge in [0.2, 0.25) is 0 Å². The number of allylic oxidation sites excluding steroid dienone is 6. The maximum Gasteiger partial charge on any atom is 0.178 e. The highest BCUT2D eigenvalue weighted by Gasteiger charge is 2.55. The third kappa shape index (κ3) is 4.57. The van der Waals surface area contributed by atoms with E-state index in [4.69, 9.17) is 0 Å². The number of hydrogen-bond acceptors (Lipinski definition) is 2. The first-order valence-electron chi connectivity index (χ1n) is 10.6. The van der Waals surface area contributed by atoms with Gasteiger partial charge >= 0.3 is 0 Å². The van der Waals surface area contributed by atoms with Gasteiger partial charge in [-0.2, -0.15) is 0 Å². The first-order valence-corrected chi connectivity index (χ1v) is 10.6. The van der Waals surface area contributed by atoms with Gasteiger partial charge in [0, 0.05) is 0 Å². The van der Waals surface area contributed by atoms with Gasteiger partial charge < -0.3 is 5.11 Å². The van der Waals surface area contributed by atoms with Crippen LogP contribution in [0.5, 0.6) is 0 Å². The van der Waals surface area contributed by atoms with E-state index in [9.17, 15) is 9.90 Å². The number of rotatable bonds is 9. The number of ketones is 1. The van der Waals surface area contributed by atoms with Gasteiger partial charge in [0.25, 0.3) is 0 Å². The molecule has 0 aliphatic heterocycles. The Balaban J connectivity index is 1.49. The Morgan fingerprint density at radius 2 is 2.15 bits per heavy atom. The molecule has 0 radical (unpaired) electrons. The lowest BCUT2D eigenvalue weighted by atomic mass is 9.66. The third-order valence-corrected chi connectivity index (χ3v) is 6.78. The average Bonchev–Trinajstić information content (AvgIpc) is 2.75. The molecule has 4 atom stereocenters. The van der Waals surface area contributed by atoms with E-state index in [2.05, 4.69) is 26.8 Å². The van der Waals surface area contributed by atoms with Crippen LogP contribution in [-0.4, -0.2) is 16.5 Å². The summed E-state index contributed by atoms with van der Waals surface area (Å²) < 4.78 is 0. The van der Waals surface area contributed by atoms with Crippen molar-refractivity contribution in [2.75, 3.05) is 0 Å². The van der Waals surface area contributed by atoms with E-state index in [-0.39, 0.29) is 11.2 Å². The summed E-state index contributed by atoms with van der Waals surface area (Å²) in [5.41, 5.74) is 2.41. The lowest BCUT2D eigenvalue weighted by Gasteiger charge is -2.40. The van der Waals surface area contributed by atoms with E-state index in [1.807, 2.05) is 6.08 Å². The largest absolute Gasteiger partial charge is 0.390 e. The van der Waals surface area contributed by atoms with Crippen LogP contribution in [0.4, 0.5) is 0 Å². The quantitative estimate of drug-likeness (QED) is 0.316. The SMILES string of the molecule is CCCCCC(C)=CC(=O)/C=C\CCC1(C)C=C2CC3CC(O)(CC23)C1. The summed E-state index contributed by atoms with van der Waals surface area (Å²) in [5, 5.41) is 11.0. The van der Waals surface area contributed by atoms with Crippen LogP contribution in [0.25, 0.3) is 0 Å². The Morgan fingerprint density at radius 1 is 1.35 bits per heavy atom. The molecule has 4 unspecified atom stereocenters. The van der Waals surface area contributed by atoms with E-state index in [1.54, 1.807) is 17.7 Å². The lowest BCUT2D eigenvalue weighted by molar-refractivity contribution is -0.110. The van der Waals surface area contributed by atoms with Crippen LogP contribution in [0.2, 0.25) is 0 Å². The molecular weight excluding hydrogens is 320 g/mol. The molecule has 0 aromatic rings. The van der Waals surface area contributed by atoms with E-state index >= 15 is 0 Å². The van der Waals surface area contributed by atoms with Crippen LogP contribution in [0, 0.1) is 17.3 Å². The minimum Gasteiger partial charge on any atom is -0.390 e. The summed E-state index contributed by atoms with van der Waals surface area (Å²) in [4.78, 5) is 12.1. The second kappa shape index (κ2) is 7.84. The maximum atomic E-state index is 12.1. The Morgan fingerprint density at radius 3 is 2.92 bits per heavy atom. The molecule has 144 valence electrons. The van der Waals surface area contributed by atoms with E-state index in [0.717, 1.165) is 44.4 Å². The van der Waals surface area contributed by atoms with Gasteiger partial charge in [0.05, 0.1) is 5.60 Å². The minimum absolute atomic E-state index is 0.0729. The highest BCUT2D eigenvalue weighted by atomic mass is 16.3. The Labute approximate surface area is 159 Å². The van der Waals surface area contributed by atoms with Crippen molar-refractivity contribution in [3.8, 4) is 0 Å². The van der Waals surface area contributed by atoms with Crippen molar-refractivity contribution >= 4 is 5.78 Å². The molecular formula is C24H36O2. The van der Waals surface area contributed by atoms with Crippen molar-refractivity contribution in [3.05, 3.63) is 35.5 Å². The second-order valence-electron chi connectivity index (χ2n) is 9.54. The Bertz CT molecular complexity index is 626. The lowest BCUT2D eigenvalue weighted by Crippen LogP contribution is -2.34. The molecule has 3 rings (SSSR count). The van der Waals surface area contributed by atoms with Gasteiger partial charge in [-0.05, 0) is 87.7 Å². The zero-order chi connectivity index (χ0) is 18.8. The number of unbranched alkanes of at least 4 members (excludes halogenated alkanes) is 2. The normalized spacial score (nSPS) is 36.0. The molecule has 2 saturated carbocycles. The predicted octanol–water partition coefficient (Wildman–Crippen LogP) is 5.92. The first kappa shape index (κ1) is 19.6. The molecule has 3 aliphatic rings. The van der Waals surface area contributed by atoms with Gasteiger partial charge in [-0.15, -0.1) is 0 Å². The molecule has 2 bridgehead atoms. The van der Waals surface area contributed by atoms with E-state index in [1.165, 1.54) is 31.3 Å². The van der Waals surface area contributed by atoms with Crippen LogP contribution in [0.15, 0.2) is 35.5 Å². The number of carbonyl (C=O) groups excluding carboxylic acids is 1. The van der Waals surface area contributed by atoms with Crippen molar-refractivity contribution in [3.63, 3.8) is 0 Å². The van der Waals surface area contributed by atoms with Crippen molar-refractivity contribution < 1.29 is 9.90 Å². The Hall–Kier alpha value is -1.15. The molecule has 0 saturated heterocycles. The van der Waals surface area contributed by atoms with Gasteiger partial charge in [-0.3, -0.25) is 4.79 Å². The fourth-order valence-electron chi connectivity index (χ4n) is 5.58. The van der Waals surface area contributed by atoms with Gasteiger partial charge in [-0.1, -0.05) is 50.0 Å². The number of aliphatic hydroxyl groups is 1. The highest BCUT2D eigenvalue weighted by molar-refractivity contribution is 5.99. The van der Waals surface area contributed by atoms with Crippen LogP contribution < -0.4 is 0 Å². The summed E-state index contributed by atoms with van der Waals surface area (Å²) in [5.74, 6) is 1.53. The fraction of sp³-hybridized carbons (Fsp3) is 0.708. The molecule has 0 spiro atoms. The third-order valence-electron chi connectivity index (χ3n) is 6.78. The molecule has 0 aromatic carbocycles. The van der Waals surface area contributed by atoms with E-state index < -0.39 is 5.60 Å². The molecule has 0 aromatic heterocycles. The number of fused-ring (bicyclic) bond motifs is 1. The van der Waals surface area contributed by atoms with Crippen LogP contribution in [0.1, 0.15) is 85.0 Å². The molecule has 0 heterocycles. The zero-order valence-corrected chi connectivity index (χ0v) is 16.9. The summed E-state index contributed by atoms with van der Waals surface area (Å²) in [6, 6.07) is 0. The van der Waals surface area contributed by atoms with Crippen molar-refractivity contribution in [2.24, 2.45) is 17.3 Å².